The van der Waals surface area contributed by atoms with E-state index in [0.717, 1.165) is 31.2 Å². The van der Waals surface area contributed by atoms with Crippen LogP contribution < -0.4 is 5.32 Å². The van der Waals surface area contributed by atoms with Crippen LogP contribution in [0.15, 0.2) is 54.6 Å². The molecule has 1 aliphatic rings. The van der Waals surface area contributed by atoms with Gasteiger partial charge < -0.3 is 5.32 Å². The number of hydrogen-bond donors (Lipinski definition) is 1. The van der Waals surface area contributed by atoms with E-state index >= 15 is 0 Å². The van der Waals surface area contributed by atoms with E-state index in [4.69, 9.17) is 0 Å². The van der Waals surface area contributed by atoms with E-state index in [9.17, 15) is 10.1 Å². The van der Waals surface area contributed by atoms with E-state index in [0.29, 0.717) is 16.1 Å². The van der Waals surface area contributed by atoms with E-state index in [1.54, 1.807) is 11.3 Å². The Morgan fingerprint density at radius 1 is 1.04 bits per heavy atom. The summed E-state index contributed by atoms with van der Waals surface area (Å²) in [5.74, 6) is -0.160. The van der Waals surface area contributed by atoms with Crippen molar-refractivity contribution in [1.82, 2.24) is 0 Å². The summed E-state index contributed by atoms with van der Waals surface area (Å²) in [5, 5.41) is 13.1. The molecule has 0 atom stereocenters. The number of thiophene rings is 1. The molecule has 0 radical (unpaired) electrons. The number of carbonyl (C=O) groups excluding carboxylic acids is 1. The molecule has 4 rings (SSSR count). The van der Waals surface area contributed by atoms with Crippen LogP contribution in [0, 0.1) is 11.3 Å². The SMILES string of the molecule is N#Cc1c(NC(=O)c2ccc(Cc3ccccc3)cc2)sc2c1CCC2. The maximum Gasteiger partial charge on any atom is 0.256 e. The van der Waals surface area contributed by atoms with Crippen molar-refractivity contribution in [1.29, 1.82) is 5.26 Å². The van der Waals surface area contributed by atoms with Crippen LogP contribution in [0.1, 0.15) is 43.9 Å². The first-order valence-electron chi connectivity index (χ1n) is 8.73. The maximum atomic E-state index is 12.6. The lowest BCUT2D eigenvalue weighted by Gasteiger charge is -2.06. The highest BCUT2D eigenvalue weighted by Crippen LogP contribution is 2.38. The van der Waals surface area contributed by atoms with E-state index in [-0.39, 0.29) is 5.91 Å². The Hall–Kier alpha value is -2.90. The predicted octanol–water partition coefficient (Wildman–Crippen LogP) is 4.95. The number of rotatable bonds is 4. The zero-order valence-corrected chi connectivity index (χ0v) is 15.1. The fraction of sp³-hybridized carbons (Fsp3) is 0.182. The first-order chi connectivity index (χ1) is 12.7. The third-order valence-corrected chi connectivity index (χ3v) is 5.93. The quantitative estimate of drug-likeness (QED) is 0.717. The van der Waals surface area contributed by atoms with Gasteiger partial charge in [0.2, 0.25) is 0 Å². The van der Waals surface area contributed by atoms with Gasteiger partial charge in [-0.2, -0.15) is 5.26 Å². The Bertz CT molecular complexity index is 981. The zero-order valence-electron chi connectivity index (χ0n) is 14.3. The molecule has 128 valence electrons. The number of amides is 1. The molecule has 3 nitrogen and oxygen atoms in total. The average Bonchev–Trinajstić information content (AvgIpc) is 3.23. The lowest BCUT2D eigenvalue weighted by molar-refractivity contribution is 0.102. The normalized spacial score (nSPS) is 12.4. The van der Waals surface area contributed by atoms with E-state index < -0.39 is 0 Å². The van der Waals surface area contributed by atoms with Crippen molar-refractivity contribution >= 4 is 22.2 Å². The second kappa shape index (κ2) is 7.15. The Kier molecular flexibility index (Phi) is 4.55. The van der Waals surface area contributed by atoms with Gasteiger partial charge >= 0.3 is 0 Å². The van der Waals surface area contributed by atoms with Gasteiger partial charge in [0, 0.05) is 10.4 Å². The van der Waals surface area contributed by atoms with Crippen LogP contribution >= 0.6 is 11.3 Å². The van der Waals surface area contributed by atoms with E-state index in [1.165, 1.54) is 16.0 Å². The maximum absolute atomic E-state index is 12.6. The minimum Gasteiger partial charge on any atom is -0.312 e. The summed E-state index contributed by atoms with van der Waals surface area (Å²) in [7, 11) is 0. The molecule has 1 amide bonds. The molecule has 1 aromatic heterocycles. The summed E-state index contributed by atoms with van der Waals surface area (Å²) >= 11 is 1.55. The van der Waals surface area contributed by atoms with Crippen LogP contribution in [-0.4, -0.2) is 5.91 Å². The number of carbonyl (C=O) groups is 1. The molecule has 4 heteroatoms. The first kappa shape index (κ1) is 16.6. The zero-order chi connectivity index (χ0) is 17.9. The fourth-order valence-corrected chi connectivity index (χ4v) is 4.63. The molecular weight excluding hydrogens is 340 g/mol. The molecule has 0 unspecified atom stereocenters. The van der Waals surface area contributed by atoms with Gasteiger partial charge in [-0.15, -0.1) is 11.3 Å². The molecule has 0 spiro atoms. The third-order valence-electron chi connectivity index (χ3n) is 4.73. The molecule has 26 heavy (non-hydrogen) atoms. The van der Waals surface area contributed by atoms with Crippen molar-refractivity contribution in [3.05, 3.63) is 87.3 Å². The highest BCUT2D eigenvalue weighted by molar-refractivity contribution is 7.16. The summed E-state index contributed by atoms with van der Waals surface area (Å²) in [4.78, 5) is 13.8. The molecule has 1 heterocycles. The standard InChI is InChI=1S/C22H18N2OS/c23-14-19-18-7-4-8-20(18)26-22(19)24-21(25)17-11-9-16(10-12-17)13-15-5-2-1-3-6-15/h1-3,5-6,9-12H,4,7-8,13H2,(H,24,25). The lowest BCUT2D eigenvalue weighted by Crippen LogP contribution is -2.11. The molecule has 1 N–H and O–H groups in total. The van der Waals surface area contributed by atoms with Crippen LogP contribution in [0.25, 0.3) is 0 Å². The van der Waals surface area contributed by atoms with Gasteiger partial charge in [-0.1, -0.05) is 42.5 Å². The van der Waals surface area contributed by atoms with Gasteiger partial charge in [0.25, 0.3) is 5.91 Å². The Morgan fingerprint density at radius 2 is 1.77 bits per heavy atom. The van der Waals surface area contributed by atoms with Crippen molar-refractivity contribution in [2.24, 2.45) is 0 Å². The molecule has 0 saturated carbocycles. The van der Waals surface area contributed by atoms with Gasteiger partial charge in [-0.05, 0) is 54.5 Å². The molecule has 3 aromatic rings. The predicted molar refractivity (Wildman–Crippen MR) is 105 cm³/mol. The number of nitrogens with zero attached hydrogens (tertiary/aromatic N) is 1. The van der Waals surface area contributed by atoms with Crippen molar-refractivity contribution < 1.29 is 4.79 Å². The average molecular weight is 358 g/mol. The van der Waals surface area contributed by atoms with Crippen molar-refractivity contribution in [2.75, 3.05) is 5.32 Å². The first-order valence-corrected chi connectivity index (χ1v) is 9.55. The Morgan fingerprint density at radius 3 is 2.50 bits per heavy atom. The summed E-state index contributed by atoms with van der Waals surface area (Å²) in [6.45, 7) is 0. The summed E-state index contributed by atoms with van der Waals surface area (Å²) in [6.07, 6.45) is 3.91. The highest BCUT2D eigenvalue weighted by Gasteiger charge is 2.23. The topological polar surface area (TPSA) is 52.9 Å². The van der Waals surface area contributed by atoms with Crippen LogP contribution in [0.3, 0.4) is 0 Å². The second-order valence-electron chi connectivity index (χ2n) is 6.49. The van der Waals surface area contributed by atoms with E-state index in [2.05, 4.69) is 23.5 Å². The monoisotopic (exact) mass is 358 g/mol. The minimum atomic E-state index is -0.160. The number of nitriles is 1. The van der Waals surface area contributed by atoms with Crippen molar-refractivity contribution in [3.8, 4) is 6.07 Å². The Balaban J connectivity index is 1.48. The fourth-order valence-electron chi connectivity index (χ4n) is 3.39. The van der Waals surface area contributed by atoms with Gasteiger partial charge in [0.05, 0.1) is 5.56 Å². The van der Waals surface area contributed by atoms with Crippen LogP contribution in [0.4, 0.5) is 5.00 Å². The minimum absolute atomic E-state index is 0.160. The highest BCUT2D eigenvalue weighted by atomic mass is 32.1. The number of benzene rings is 2. The molecule has 0 aliphatic heterocycles. The molecule has 1 aliphatic carbocycles. The smallest absolute Gasteiger partial charge is 0.256 e. The van der Waals surface area contributed by atoms with Gasteiger partial charge in [0.15, 0.2) is 0 Å². The summed E-state index contributed by atoms with van der Waals surface area (Å²) in [5.41, 5.74) is 4.80. The molecule has 2 aromatic carbocycles. The van der Waals surface area contributed by atoms with Gasteiger partial charge in [-0.3, -0.25) is 4.79 Å². The van der Waals surface area contributed by atoms with Crippen LogP contribution in [0.2, 0.25) is 0 Å². The number of aryl methyl sites for hydroxylation is 1. The lowest BCUT2D eigenvalue weighted by atomic mass is 10.0. The largest absolute Gasteiger partial charge is 0.312 e. The molecule has 0 bridgehead atoms. The number of hydrogen-bond acceptors (Lipinski definition) is 3. The second-order valence-corrected chi connectivity index (χ2v) is 7.59. The third kappa shape index (κ3) is 3.26. The van der Waals surface area contributed by atoms with Crippen molar-refractivity contribution in [3.63, 3.8) is 0 Å². The van der Waals surface area contributed by atoms with Gasteiger partial charge in [-0.25, -0.2) is 0 Å². The number of nitrogens with one attached hydrogen (secondary N) is 1. The van der Waals surface area contributed by atoms with Gasteiger partial charge in [0.1, 0.15) is 11.1 Å². The Labute approximate surface area is 156 Å². The van der Waals surface area contributed by atoms with Crippen LogP contribution in [-0.2, 0) is 19.3 Å². The molecule has 0 fully saturated rings. The van der Waals surface area contributed by atoms with Crippen LogP contribution in [0.5, 0.6) is 0 Å². The molecular formula is C22H18N2OS. The van der Waals surface area contributed by atoms with E-state index in [1.807, 2.05) is 42.5 Å². The summed E-state index contributed by atoms with van der Waals surface area (Å²) < 4.78 is 0. The number of fused-ring (bicyclic) bond motifs is 1. The van der Waals surface area contributed by atoms with Crippen molar-refractivity contribution in [2.45, 2.75) is 25.7 Å². The number of anilines is 1. The molecule has 0 saturated heterocycles. The summed E-state index contributed by atoms with van der Waals surface area (Å²) in [6, 6.07) is 20.2.